The topological polar surface area (TPSA) is 68.0 Å². The summed E-state index contributed by atoms with van der Waals surface area (Å²) in [4.78, 5) is 18.5. The largest absolute Gasteiger partial charge is 0.476 e. The van der Waals surface area contributed by atoms with Crippen molar-refractivity contribution in [3.63, 3.8) is 0 Å². The maximum Gasteiger partial charge on any atom is 0.356 e. The van der Waals surface area contributed by atoms with Gasteiger partial charge in [0.15, 0.2) is 5.69 Å². The molecule has 0 unspecified atom stereocenters. The Labute approximate surface area is 83.7 Å². The van der Waals surface area contributed by atoms with Crippen molar-refractivity contribution in [3.05, 3.63) is 28.6 Å². The highest BCUT2D eigenvalue weighted by molar-refractivity contribution is 7.09. The van der Waals surface area contributed by atoms with Gasteiger partial charge in [-0.1, -0.05) is 0 Å². The number of aryl methyl sites for hydroxylation is 1. The van der Waals surface area contributed by atoms with Crippen LogP contribution in [0.5, 0.6) is 0 Å². The number of aromatic nitrogens is 3. The summed E-state index contributed by atoms with van der Waals surface area (Å²) in [6, 6.07) is 0. The Morgan fingerprint density at radius 3 is 2.93 bits per heavy atom. The number of hydrogen-bond donors (Lipinski definition) is 1. The van der Waals surface area contributed by atoms with Gasteiger partial charge in [0.05, 0.1) is 5.01 Å². The lowest BCUT2D eigenvalue weighted by molar-refractivity contribution is 0.0691. The zero-order chi connectivity index (χ0) is 10.1. The molecule has 0 spiro atoms. The van der Waals surface area contributed by atoms with Gasteiger partial charge in [0.1, 0.15) is 12.1 Å². The number of rotatable bonds is 2. The van der Waals surface area contributed by atoms with Gasteiger partial charge in [-0.05, 0) is 6.92 Å². The fourth-order valence-electron chi connectivity index (χ4n) is 1.03. The Morgan fingerprint density at radius 1 is 1.64 bits per heavy atom. The summed E-state index contributed by atoms with van der Waals surface area (Å²) in [6.07, 6.45) is 2.88. The van der Waals surface area contributed by atoms with E-state index in [1.165, 1.54) is 23.9 Å². The van der Waals surface area contributed by atoms with Crippen LogP contribution in [0.3, 0.4) is 0 Å². The molecule has 0 aliphatic carbocycles. The number of carbonyl (C=O) groups is 1. The molecular formula is C8H7N3O2S. The van der Waals surface area contributed by atoms with E-state index in [9.17, 15) is 4.79 Å². The predicted molar refractivity (Wildman–Crippen MR) is 50.9 cm³/mol. The molecule has 0 radical (unpaired) electrons. The highest BCUT2D eigenvalue weighted by Crippen LogP contribution is 2.12. The van der Waals surface area contributed by atoms with E-state index in [1.807, 2.05) is 12.3 Å². The average Bonchev–Trinajstić information content (AvgIpc) is 2.70. The van der Waals surface area contributed by atoms with E-state index in [4.69, 9.17) is 5.11 Å². The maximum absolute atomic E-state index is 10.6. The van der Waals surface area contributed by atoms with Crippen molar-refractivity contribution in [2.45, 2.75) is 6.92 Å². The number of thiazole rings is 1. The normalized spacial score (nSPS) is 10.4. The molecular weight excluding hydrogens is 202 g/mol. The molecule has 0 amide bonds. The number of hydrogen-bond acceptors (Lipinski definition) is 4. The fourth-order valence-corrected chi connectivity index (χ4v) is 1.63. The Morgan fingerprint density at radius 2 is 2.43 bits per heavy atom. The first-order valence-electron chi connectivity index (χ1n) is 3.86. The van der Waals surface area contributed by atoms with Crippen LogP contribution < -0.4 is 0 Å². The van der Waals surface area contributed by atoms with Gasteiger partial charge in [-0.3, -0.25) is 4.57 Å². The molecule has 0 saturated carbocycles. The van der Waals surface area contributed by atoms with Gasteiger partial charge in [0.2, 0.25) is 0 Å². The minimum atomic E-state index is -1.03. The molecule has 0 saturated heterocycles. The van der Waals surface area contributed by atoms with E-state index >= 15 is 0 Å². The lowest BCUT2D eigenvalue weighted by atomic mass is 10.5. The molecule has 0 aromatic carbocycles. The van der Waals surface area contributed by atoms with E-state index in [1.54, 1.807) is 4.57 Å². The average molecular weight is 209 g/mol. The van der Waals surface area contributed by atoms with Crippen LogP contribution >= 0.6 is 11.3 Å². The summed E-state index contributed by atoms with van der Waals surface area (Å²) < 4.78 is 1.59. The van der Waals surface area contributed by atoms with E-state index in [-0.39, 0.29) is 5.69 Å². The van der Waals surface area contributed by atoms with Gasteiger partial charge >= 0.3 is 5.97 Å². The summed E-state index contributed by atoms with van der Waals surface area (Å²) in [6.45, 7) is 1.89. The summed E-state index contributed by atoms with van der Waals surface area (Å²) in [5.41, 5.74) is 0.0238. The zero-order valence-electron chi connectivity index (χ0n) is 7.34. The van der Waals surface area contributed by atoms with Crippen LogP contribution in [0.2, 0.25) is 0 Å². The molecule has 14 heavy (non-hydrogen) atoms. The SMILES string of the molecule is Cc1nc(-n2cnc(C(=O)O)c2)cs1. The first-order valence-corrected chi connectivity index (χ1v) is 4.74. The van der Waals surface area contributed by atoms with Gasteiger partial charge in [-0.15, -0.1) is 11.3 Å². The molecule has 0 fully saturated rings. The van der Waals surface area contributed by atoms with Crippen molar-refractivity contribution in [3.8, 4) is 5.82 Å². The second-order valence-electron chi connectivity index (χ2n) is 2.70. The van der Waals surface area contributed by atoms with Crippen molar-refractivity contribution in [2.75, 3.05) is 0 Å². The molecule has 0 aliphatic heterocycles. The van der Waals surface area contributed by atoms with Crippen LogP contribution in [-0.2, 0) is 0 Å². The molecule has 0 bridgehead atoms. The van der Waals surface area contributed by atoms with Gasteiger partial charge in [-0.25, -0.2) is 14.8 Å². The summed E-state index contributed by atoms with van der Waals surface area (Å²) in [7, 11) is 0. The minimum Gasteiger partial charge on any atom is -0.476 e. The van der Waals surface area contributed by atoms with Crippen LogP contribution in [0.4, 0.5) is 0 Å². The van der Waals surface area contributed by atoms with Crippen LogP contribution in [0.25, 0.3) is 5.82 Å². The van der Waals surface area contributed by atoms with E-state index in [2.05, 4.69) is 9.97 Å². The molecule has 2 heterocycles. The molecule has 72 valence electrons. The first kappa shape index (κ1) is 8.89. The highest BCUT2D eigenvalue weighted by atomic mass is 32.1. The Hall–Kier alpha value is -1.69. The van der Waals surface area contributed by atoms with Gasteiger partial charge in [0.25, 0.3) is 0 Å². The molecule has 0 atom stereocenters. The molecule has 5 nitrogen and oxygen atoms in total. The van der Waals surface area contributed by atoms with Crippen LogP contribution in [-0.4, -0.2) is 25.6 Å². The molecule has 2 aromatic heterocycles. The summed E-state index contributed by atoms with van der Waals surface area (Å²) in [5.74, 6) is -0.330. The van der Waals surface area contributed by atoms with E-state index in [0.717, 1.165) is 5.01 Å². The third-order valence-electron chi connectivity index (χ3n) is 1.67. The first-order chi connectivity index (χ1) is 6.66. The molecule has 6 heteroatoms. The van der Waals surface area contributed by atoms with Crippen LogP contribution in [0.15, 0.2) is 17.9 Å². The van der Waals surface area contributed by atoms with Gasteiger partial charge < -0.3 is 5.11 Å². The van der Waals surface area contributed by atoms with Gasteiger partial charge in [-0.2, -0.15) is 0 Å². The van der Waals surface area contributed by atoms with Crippen molar-refractivity contribution in [1.82, 2.24) is 14.5 Å². The Kier molecular flexibility index (Phi) is 2.05. The molecule has 0 aliphatic rings. The predicted octanol–water partition coefficient (Wildman–Crippen LogP) is 1.34. The Balaban J connectivity index is 2.38. The monoisotopic (exact) mass is 209 g/mol. The number of carboxylic acid groups (broad SMARTS) is 1. The zero-order valence-corrected chi connectivity index (χ0v) is 8.15. The smallest absolute Gasteiger partial charge is 0.356 e. The number of imidazole rings is 1. The van der Waals surface area contributed by atoms with Crippen molar-refractivity contribution >= 4 is 17.3 Å². The van der Waals surface area contributed by atoms with E-state index in [0.29, 0.717) is 5.82 Å². The third kappa shape index (κ3) is 1.51. The second-order valence-corrected chi connectivity index (χ2v) is 3.76. The lowest BCUT2D eigenvalue weighted by Gasteiger charge is -1.92. The number of nitrogens with zero attached hydrogens (tertiary/aromatic N) is 3. The minimum absolute atomic E-state index is 0.0238. The highest BCUT2D eigenvalue weighted by Gasteiger charge is 2.08. The quantitative estimate of drug-likeness (QED) is 0.810. The van der Waals surface area contributed by atoms with Crippen molar-refractivity contribution < 1.29 is 9.90 Å². The van der Waals surface area contributed by atoms with Gasteiger partial charge in [0, 0.05) is 11.6 Å². The van der Waals surface area contributed by atoms with Crippen LogP contribution in [0.1, 0.15) is 15.5 Å². The second kappa shape index (κ2) is 3.22. The van der Waals surface area contributed by atoms with Crippen LogP contribution in [0, 0.1) is 6.92 Å². The molecule has 1 N–H and O–H groups in total. The third-order valence-corrected chi connectivity index (χ3v) is 2.43. The fraction of sp³-hybridized carbons (Fsp3) is 0.125. The molecule has 2 aromatic rings. The standard InChI is InChI=1S/C8H7N3O2S/c1-5-10-7(3-14-5)11-2-6(8(12)13)9-4-11/h2-4H,1H3,(H,12,13). The summed E-state index contributed by atoms with van der Waals surface area (Å²) >= 11 is 1.51. The Bertz CT molecular complexity index is 474. The number of carboxylic acids is 1. The molecule has 2 rings (SSSR count). The lowest BCUT2D eigenvalue weighted by Crippen LogP contribution is -1.96. The number of aromatic carboxylic acids is 1. The maximum atomic E-state index is 10.6. The van der Waals surface area contributed by atoms with Crippen molar-refractivity contribution in [1.29, 1.82) is 0 Å². The summed E-state index contributed by atoms with van der Waals surface area (Å²) in [5, 5.41) is 11.4. The van der Waals surface area contributed by atoms with Crippen molar-refractivity contribution in [2.24, 2.45) is 0 Å². The van der Waals surface area contributed by atoms with E-state index < -0.39 is 5.97 Å².